The summed E-state index contributed by atoms with van der Waals surface area (Å²) in [7, 11) is 1.67. The van der Waals surface area contributed by atoms with Crippen LogP contribution in [0.3, 0.4) is 0 Å². The molecule has 8 heteroatoms. The number of methoxy groups -OCH3 is 1. The lowest BCUT2D eigenvalue weighted by atomic mass is 9.95. The number of nitrogens with zero attached hydrogens (tertiary/aromatic N) is 4. The van der Waals surface area contributed by atoms with Crippen LogP contribution in [0.5, 0.6) is 5.75 Å². The number of carbonyl (C=O) groups is 1. The number of aromatic nitrogens is 2. The lowest BCUT2D eigenvalue weighted by Crippen LogP contribution is -2.51. The molecule has 0 spiro atoms. The van der Waals surface area contributed by atoms with Crippen molar-refractivity contribution in [3.05, 3.63) is 35.7 Å². The summed E-state index contributed by atoms with van der Waals surface area (Å²) in [5.74, 6) is 2.06. The molecule has 30 heavy (non-hydrogen) atoms. The van der Waals surface area contributed by atoms with E-state index in [1.54, 1.807) is 7.11 Å². The number of hydrogen-bond acceptors (Lipinski definition) is 7. The van der Waals surface area contributed by atoms with Gasteiger partial charge in [0, 0.05) is 50.1 Å². The number of hydrogen-bond donors (Lipinski definition) is 0. The highest BCUT2D eigenvalue weighted by atomic mass is 32.1. The molecule has 162 valence electrons. The molecule has 0 saturated carbocycles. The monoisotopic (exact) mass is 430 g/mol. The summed E-state index contributed by atoms with van der Waals surface area (Å²) in [6.07, 6.45) is 2.65. The molecule has 1 aromatic carbocycles. The molecule has 2 fully saturated rings. The maximum Gasteiger partial charge on any atom is 0.225 e. The second-order valence-corrected chi connectivity index (χ2v) is 9.01. The van der Waals surface area contributed by atoms with Crippen molar-refractivity contribution in [2.75, 3.05) is 38.2 Å². The van der Waals surface area contributed by atoms with Crippen LogP contribution in [-0.4, -0.2) is 65.7 Å². The van der Waals surface area contributed by atoms with E-state index in [1.807, 2.05) is 36.9 Å². The van der Waals surface area contributed by atoms with Crippen molar-refractivity contribution >= 4 is 22.6 Å². The number of carbonyl (C=O) groups excluding carboxylic acids is 1. The molecule has 0 radical (unpaired) electrons. The fourth-order valence-corrected chi connectivity index (χ4v) is 5.08. The average Bonchev–Trinajstić information content (AvgIpc) is 3.21. The molecule has 2 unspecified atom stereocenters. The Balaban J connectivity index is 1.31. The van der Waals surface area contributed by atoms with Gasteiger partial charge in [0.05, 0.1) is 19.3 Å². The molecule has 1 aromatic heterocycles. The summed E-state index contributed by atoms with van der Waals surface area (Å²) < 4.78 is 15.6. The first-order chi connectivity index (χ1) is 14.5. The van der Waals surface area contributed by atoms with Crippen molar-refractivity contribution < 1.29 is 14.3 Å². The molecule has 2 saturated heterocycles. The van der Waals surface area contributed by atoms with Crippen LogP contribution in [0.2, 0.25) is 0 Å². The quantitative estimate of drug-likeness (QED) is 0.727. The molecule has 0 bridgehead atoms. The van der Waals surface area contributed by atoms with Gasteiger partial charge in [-0.25, -0.2) is 4.98 Å². The molecule has 4 rings (SSSR count). The van der Waals surface area contributed by atoms with Crippen LogP contribution in [-0.2, 0) is 16.0 Å². The molecule has 2 aromatic rings. The Bertz CT molecular complexity index is 856. The Morgan fingerprint density at radius 2 is 1.97 bits per heavy atom. The van der Waals surface area contributed by atoms with E-state index in [0.717, 1.165) is 48.2 Å². The van der Waals surface area contributed by atoms with E-state index in [1.165, 1.54) is 11.5 Å². The Hall–Kier alpha value is -2.19. The average molecular weight is 431 g/mol. The minimum Gasteiger partial charge on any atom is -0.497 e. The van der Waals surface area contributed by atoms with Crippen molar-refractivity contribution in [2.45, 2.75) is 45.3 Å². The van der Waals surface area contributed by atoms with Crippen molar-refractivity contribution in [2.24, 2.45) is 5.92 Å². The van der Waals surface area contributed by atoms with Gasteiger partial charge in [-0.2, -0.15) is 4.37 Å². The van der Waals surface area contributed by atoms with Gasteiger partial charge in [-0.3, -0.25) is 4.79 Å². The van der Waals surface area contributed by atoms with Crippen LogP contribution >= 0.6 is 11.5 Å². The zero-order valence-corrected chi connectivity index (χ0v) is 18.7. The highest BCUT2D eigenvalue weighted by Gasteiger charge is 2.33. The van der Waals surface area contributed by atoms with E-state index in [4.69, 9.17) is 14.5 Å². The third kappa shape index (κ3) is 4.92. The van der Waals surface area contributed by atoms with Gasteiger partial charge in [-0.15, -0.1) is 0 Å². The largest absolute Gasteiger partial charge is 0.497 e. The van der Waals surface area contributed by atoms with Gasteiger partial charge in [0.15, 0.2) is 0 Å². The topological polar surface area (TPSA) is 67.8 Å². The molecular weight excluding hydrogens is 400 g/mol. The molecule has 2 aliphatic heterocycles. The van der Waals surface area contributed by atoms with Gasteiger partial charge < -0.3 is 19.3 Å². The Labute approximate surface area is 182 Å². The third-order valence-electron chi connectivity index (χ3n) is 5.80. The fourth-order valence-electron chi connectivity index (χ4n) is 4.34. The van der Waals surface area contributed by atoms with E-state index in [2.05, 4.69) is 15.3 Å². The van der Waals surface area contributed by atoms with Gasteiger partial charge in [0.25, 0.3) is 0 Å². The van der Waals surface area contributed by atoms with Gasteiger partial charge >= 0.3 is 0 Å². The number of benzene rings is 1. The molecular formula is C22H30N4O3S. The second kappa shape index (κ2) is 9.31. The zero-order valence-electron chi connectivity index (χ0n) is 17.9. The van der Waals surface area contributed by atoms with E-state index >= 15 is 0 Å². The van der Waals surface area contributed by atoms with E-state index < -0.39 is 0 Å². The predicted molar refractivity (Wildman–Crippen MR) is 117 cm³/mol. The first-order valence-corrected chi connectivity index (χ1v) is 11.4. The highest BCUT2D eigenvalue weighted by Crippen LogP contribution is 2.27. The van der Waals surface area contributed by atoms with Crippen LogP contribution < -0.4 is 9.64 Å². The normalized spacial score (nSPS) is 22.9. The number of rotatable bonds is 5. The van der Waals surface area contributed by atoms with Crippen molar-refractivity contribution in [3.63, 3.8) is 0 Å². The molecule has 2 atom stereocenters. The first kappa shape index (κ1) is 21.1. The van der Waals surface area contributed by atoms with Gasteiger partial charge in [-0.05, 0) is 44.4 Å². The summed E-state index contributed by atoms with van der Waals surface area (Å²) in [5.41, 5.74) is 1.14. The highest BCUT2D eigenvalue weighted by molar-refractivity contribution is 7.09. The smallest absolute Gasteiger partial charge is 0.225 e. The molecule has 1 amide bonds. The Morgan fingerprint density at radius 1 is 1.23 bits per heavy atom. The first-order valence-electron chi connectivity index (χ1n) is 10.7. The maximum absolute atomic E-state index is 13.0. The summed E-state index contributed by atoms with van der Waals surface area (Å²) in [5, 5.41) is 0.951. The van der Waals surface area contributed by atoms with Crippen LogP contribution in [0.25, 0.3) is 0 Å². The van der Waals surface area contributed by atoms with Gasteiger partial charge in [0.2, 0.25) is 11.0 Å². The van der Waals surface area contributed by atoms with E-state index in [-0.39, 0.29) is 24.0 Å². The number of piperidine rings is 1. The SMILES string of the molecule is COc1cccc(Cc2nsc(N3CCC(C(=O)N4CC(C)OC(C)C4)CC3)n2)c1. The van der Waals surface area contributed by atoms with Crippen molar-refractivity contribution in [1.29, 1.82) is 0 Å². The van der Waals surface area contributed by atoms with Crippen LogP contribution in [0.4, 0.5) is 5.13 Å². The van der Waals surface area contributed by atoms with Crippen LogP contribution in [0.15, 0.2) is 24.3 Å². The number of amides is 1. The summed E-state index contributed by atoms with van der Waals surface area (Å²) in [4.78, 5) is 22.0. The fraction of sp³-hybridized carbons (Fsp3) is 0.591. The van der Waals surface area contributed by atoms with Crippen molar-refractivity contribution in [3.8, 4) is 5.75 Å². The lowest BCUT2D eigenvalue weighted by Gasteiger charge is -2.39. The maximum atomic E-state index is 13.0. The molecule has 2 aliphatic rings. The Morgan fingerprint density at radius 3 is 2.67 bits per heavy atom. The van der Waals surface area contributed by atoms with Crippen molar-refractivity contribution in [1.82, 2.24) is 14.3 Å². The van der Waals surface area contributed by atoms with Crippen LogP contribution in [0.1, 0.15) is 38.1 Å². The predicted octanol–water partition coefficient (Wildman–Crippen LogP) is 2.99. The standard InChI is InChI=1S/C22H30N4O3S/c1-15-13-26(14-16(2)29-15)21(27)18-7-9-25(10-8-18)22-23-20(24-30-22)12-17-5-4-6-19(11-17)28-3/h4-6,11,15-16,18H,7-10,12-14H2,1-3H3. The second-order valence-electron chi connectivity index (χ2n) is 8.28. The molecule has 3 heterocycles. The minimum absolute atomic E-state index is 0.0999. The van der Waals surface area contributed by atoms with Crippen LogP contribution in [0, 0.1) is 5.92 Å². The van der Waals surface area contributed by atoms with Gasteiger partial charge in [0.1, 0.15) is 11.6 Å². The molecule has 7 nitrogen and oxygen atoms in total. The van der Waals surface area contributed by atoms with E-state index in [0.29, 0.717) is 19.5 Å². The number of anilines is 1. The van der Waals surface area contributed by atoms with E-state index in [9.17, 15) is 4.79 Å². The molecule has 0 aliphatic carbocycles. The minimum atomic E-state index is 0.0999. The number of ether oxygens (including phenoxy) is 2. The third-order valence-corrected chi connectivity index (χ3v) is 6.61. The van der Waals surface area contributed by atoms with Gasteiger partial charge in [-0.1, -0.05) is 12.1 Å². The molecule has 0 N–H and O–H groups in total. The zero-order chi connectivity index (χ0) is 21.1. The number of morpholine rings is 1. The summed E-state index contributed by atoms with van der Waals surface area (Å²) in [6, 6.07) is 8.01. The Kier molecular flexibility index (Phi) is 6.53. The summed E-state index contributed by atoms with van der Waals surface area (Å²) in [6.45, 7) is 7.17. The summed E-state index contributed by atoms with van der Waals surface area (Å²) >= 11 is 1.45. The lowest BCUT2D eigenvalue weighted by molar-refractivity contribution is -0.148.